The van der Waals surface area contributed by atoms with Crippen LogP contribution in [0.2, 0.25) is 0 Å². The molecule has 1 aliphatic heterocycles. The van der Waals surface area contributed by atoms with Crippen LogP contribution in [0.5, 0.6) is 0 Å². The number of alkyl halides is 3. The molecule has 0 radical (unpaired) electrons. The van der Waals surface area contributed by atoms with Gasteiger partial charge < -0.3 is 19.9 Å². The van der Waals surface area contributed by atoms with E-state index in [0.29, 0.717) is 0 Å². The summed E-state index contributed by atoms with van der Waals surface area (Å²) in [5.74, 6) is 1.56. The maximum Gasteiger partial charge on any atom is 0.471 e. The SMILES string of the molecule is CC(=O)O[C@@H]1C[C@@H](CO)O[C@H]1n1cc(C#CCNC(=O)C(F)(F)F)c(=O)[nH]c1=O. The van der Waals surface area contributed by atoms with Crippen LogP contribution in [0.4, 0.5) is 13.2 Å². The van der Waals surface area contributed by atoms with Crippen molar-refractivity contribution in [3.05, 3.63) is 32.6 Å². The fraction of sp³-hybridized carbons (Fsp3) is 0.500. The van der Waals surface area contributed by atoms with Gasteiger partial charge in [-0.05, 0) is 0 Å². The van der Waals surface area contributed by atoms with Crippen molar-refractivity contribution in [1.82, 2.24) is 14.9 Å². The first-order valence-corrected chi connectivity index (χ1v) is 8.15. The van der Waals surface area contributed by atoms with E-state index >= 15 is 0 Å². The molecule has 29 heavy (non-hydrogen) atoms. The monoisotopic (exact) mass is 419 g/mol. The Morgan fingerprint density at radius 2 is 2.14 bits per heavy atom. The average molecular weight is 419 g/mol. The lowest BCUT2D eigenvalue weighted by Crippen LogP contribution is -2.38. The lowest BCUT2D eigenvalue weighted by Gasteiger charge is -2.20. The highest BCUT2D eigenvalue weighted by Crippen LogP contribution is 2.30. The van der Waals surface area contributed by atoms with Crippen LogP contribution in [0, 0.1) is 11.8 Å². The molecule has 1 fully saturated rings. The number of aliphatic hydroxyl groups is 1. The largest absolute Gasteiger partial charge is 0.471 e. The maximum atomic E-state index is 12.1. The van der Waals surface area contributed by atoms with E-state index in [1.54, 1.807) is 0 Å². The van der Waals surface area contributed by atoms with Crippen LogP contribution >= 0.6 is 0 Å². The van der Waals surface area contributed by atoms with Crippen LogP contribution < -0.4 is 16.6 Å². The van der Waals surface area contributed by atoms with Crippen molar-refractivity contribution in [1.29, 1.82) is 0 Å². The predicted molar refractivity (Wildman–Crippen MR) is 88.4 cm³/mol. The molecular formula is C16H16F3N3O7. The van der Waals surface area contributed by atoms with Gasteiger partial charge in [0.15, 0.2) is 6.23 Å². The van der Waals surface area contributed by atoms with Crippen LogP contribution in [-0.4, -0.2) is 58.1 Å². The summed E-state index contributed by atoms with van der Waals surface area (Å²) in [7, 11) is 0. The number of hydrogen-bond acceptors (Lipinski definition) is 7. The van der Waals surface area contributed by atoms with Gasteiger partial charge in [-0.25, -0.2) is 4.79 Å². The Bertz CT molecular complexity index is 957. The van der Waals surface area contributed by atoms with Crippen LogP contribution in [0.25, 0.3) is 0 Å². The molecule has 2 rings (SSSR count). The first-order chi connectivity index (χ1) is 13.5. The number of carbonyl (C=O) groups is 2. The molecule has 1 aromatic heterocycles. The number of aromatic amines is 1. The second-order valence-electron chi connectivity index (χ2n) is 5.91. The van der Waals surface area contributed by atoms with Gasteiger partial charge in [-0.3, -0.25) is 23.9 Å². The van der Waals surface area contributed by atoms with E-state index < -0.39 is 60.9 Å². The van der Waals surface area contributed by atoms with Gasteiger partial charge in [0.1, 0.15) is 11.7 Å². The number of nitrogens with one attached hydrogen (secondary N) is 2. The van der Waals surface area contributed by atoms with Crippen molar-refractivity contribution < 1.29 is 37.3 Å². The Labute approximate surface area is 160 Å². The van der Waals surface area contributed by atoms with Gasteiger partial charge >= 0.3 is 23.7 Å². The van der Waals surface area contributed by atoms with Crippen molar-refractivity contribution in [3.8, 4) is 11.8 Å². The zero-order chi connectivity index (χ0) is 21.8. The van der Waals surface area contributed by atoms with Gasteiger partial charge in [0, 0.05) is 19.5 Å². The Kier molecular flexibility index (Phi) is 6.83. The minimum atomic E-state index is -5.07. The van der Waals surface area contributed by atoms with E-state index in [9.17, 15) is 37.5 Å². The van der Waals surface area contributed by atoms with Crippen molar-refractivity contribution in [2.24, 2.45) is 0 Å². The van der Waals surface area contributed by atoms with Crippen molar-refractivity contribution >= 4 is 11.9 Å². The highest BCUT2D eigenvalue weighted by Gasteiger charge is 2.39. The quantitative estimate of drug-likeness (QED) is 0.411. The lowest BCUT2D eigenvalue weighted by molar-refractivity contribution is -0.173. The van der Waals surface area contributed by atoms with E-state index in [2.05, 4.69) is 11.8 Å². The molecule has 158 valence electrons. The minimum absolute atomic E-state index is 0.0940. The fourth-order valence-electron chi connectivity index (χ4n) is 2.53. The molecule has 10 nitrogen and oxygen atoms in total. The molecule has 0 aromatic carbocycles. The van der Waals surface area contributed by atoms with E-state index in [1.807, 2.05) is 4.98 Å². The van der Waals surface area contributed by atoms with E-state index in [4.69, 9.17) is 9.47 Å². The number of esters is 1. The molecule has 1 amide bonds. The van der Waals surface area contributed by atoms with Crippen molar-refractivity contribution in [3.63, 3.8) is 0 Å². The van der Waals surface area contributed by atoms with Gasteiger partial charge in [0.2, 0.25) is 0 Å². The van der Waals surface area contributed by atoms with Gasteiger partial charge in [0.25, 0.3) is 5.56 Å². The Morgan fingerprint density at radius 1 is 1.45 bits per heavy atom. The number of ether oxygens (including phenoxy) is 2. The molecule has 0 spiro atoms. The van der Waals surface area contributed by atoms with Crippen molar-refractivity contribution in [2.75, 3.05) is 13.2 Å². The normalized spacial score (nSPS) is 21.2. The number of hydrogen-bond donors (Lipinski definition) is 3. The summed E-state index contributed by atoms with van der Waals surface area (Å²) < 4.78 is 47.7. The highest BCUT2D eigenvalue weighted by molar-refractivity contribution is 5.81. The van der Waals surface area contributed by atoms with E-state index in [-0.39, 0.29) is 12.0 Å². The summed E-state index contributed by atoms with van der Waals surface area (Å²) in [6.45, 7) is 0.0442. The fourth-order valence-corrected chi connectivity index (χ4v) is 2.53. The Morgan fingerprint density at radius 3 is 2.72 bits per heavy atom. The molecule has 0 saturated carbocycles. The smallest absolute Gasteiger partial charge is 0.458 e. The molecule has 0 bridgehead atoms. The third kappa shape index (κ3) is 5.69. The zero-order valence-electron chi connectivity index (χ0n) is 14.9. The second-order valence-corrected chi connectivity index (χ2v) is 5.91. The molecule has 3 N–H and O–H groups in total. The summed E-state index contributed by atoms with van der Waals surface area (Å²) in [5, 5.41) is 10.8. The maximum absolute atomic E-state index is 12.1. The number of carbonyl (C=O) groups excluding carboxylic acids is 2. The summed E-state index contributed by atoms with van der Waals surface area (Å²) in [6, 6.07) is 0. The summed E-state index contributed by atoms with van der Waals surface area (Å²) in [4.78, 5) is 47.9. The van der Waals surface area contributed by atoms with E-state index in [1.165, 1.54) is 5.32 Å². The van der Waals surface area contributed by atoms with Crippen molar-refractivity contribution in [2.45, 2.75) is 38.0 Å². The number of H-pyrrole nitrogens is 1. The molecule has 2 heterocycles. The molecule has 1 aromatic rings. The number of halogens is 3. The predicted octanol–water partition coefficient (Wildman–Crippen LogP) is -1.22. The van der Waals surface area contributed by atoms with Gasteiger partial charge in [-0.2, -0.15) is 13.2 Å². The molecule has 0 unspecified atom stereocenters. The lowest BCUT2D eigenvalue weighted by atomic mass is 10.2. The van der Waals surface area contributed by atoms with Gasteiger partial charge in [-0.15, -0.1) is 0 Å². The number of rotatable bonds is 4. The first kappa shape index (κ1) is 22.2. The number of aliphatic hydroxyl groups excluding tert-OH is 1. The summed E-state index contributed by atoms with van der Waals surface area (Å²) in [6.07, 6.45) is -6.81. The van der Waals surface area contributed by atoms with Crippen LogP contribution in [-0.2, 0) is 19.1 Å². The van der Waals surface area contributed by atoms with Crippen LogP contribution in [0.3, 0.4) is 0 Å². The summed E-state index contributed by atoms with van der Waals surface area (Å²) >= 11 is 0. The molecule has 0 aliphatic carbocycles. The summed E-state index contributed by atoms with van der Waals surface area (Å²) in [5.41, 5.74) is -2.13. The van der Waals surface area contributed by atoms with Crippen LogP contribution in [0.15, 0.2) is 15.8 Å². The Balaban J connectivity index is 2.26. The van der Waals surface area contributed by atoms with E-state index in [0.717, 1.165) is 17.7 Å². The molecule has 3 atom stereocenters. The molecule has 1 aliphatic rings. The topological polar surface area (TPSA) is 140 Å². The standard InChI is InChI=1S/C16H16F3N3O7/c1-8(24)28-11-5-10(7-23)29-13(11)22-6-9(12(25)21-15(22)27)3-2-4-20-14(26)16(17,18)19/h6,10-11,13,23H,4-5,7H2,1H3,(H,20,26)(H,21,25,27)/t10-,11+,13+/m0/s1. The molecule has 13 heteroatoms. The molecule has 1 saturated heterocycles. The second kappa shape index (κ2) is 8.93. The highest BCUT2D eigenvalue weighted by atomic mass is 19.4. The van der Waals surface area contributed by atoms with Crippen LogP contribution in [0.1, 0.15) is 25.1 Å². The minimum Gasteiger partial charge on any atom is -0.458 e. The third-order valence-electron chi connectivity index (χ3n) is 3.73. The average Bonchev–Trinajstić information content (AvgIpc) is 3.01. The van der Waals surface area contributed by atoms with Gasteiger partial charge in [0.05, 0.1) is 19.3 Å². The number of aromatic nitrogens is 2. The Hall–Kier alpha value is -3.11. The number of amides is 1. The third-order valence-corrected chi connectivity index (χ3v) is 3.73. The number of nitrogens with zero attached hydrogens (tertiary/aromatic N) is 1. The zero-order valence-corrected chi connectivity index (χ0v) is 14.9. The first-order valence-electron chi connectivity index (χ1n) is 8.15. The van der Waals surface area contributed by atoms with Gasteiger partial charge in [-0.1, -0.05) is 11.8 Å². The molecular weight excluding hydrogens is 403 g/mol.